The van der Waals surface area contributed by atoms with Crippen LogP contribution in [0.2, 0.25) is 0 Å². The Labute approximate surface area is 91.1 Å². The molecule has 2 aliphatic rings. The van der Waals surface area contributed by atoms with Gasteiger partial charge in [0, 0.05) is 0 Å². The summed E-state index contributed by atoms with van der Waals surface area (Å²) in [6, 6.07) is 9.57. The Morgan fingerprint density at radius 2 is 1.50 bits per heavy atom. The maximum absolute atomic E-state index is 11.1. The van der Waals surface area contributed by atoms with Crippen LogP contribution in [0.1, 0.15) is 20.7 Å². The zero-order valence-electron chi connectivity index (χ0n) is 8.18. The van der Waals surface area contributed by atoms with Crippen LogP contribution in [0, 0.1) is 0 Å². The van der Waals surface area contributed by atoms with Crippen molar-refractivity contribution in [3.63, 3.8) is 0 Å². The normalized spacial score (nSPS) is 10.2. The second kappa shape index (κ2) is 3.66. The molecule has 0 radical (unpaired) electrons. The summed E-state index contributed by atoms with van der Waals surface area (Å²) in [5.41, 5.74) is 0.783. The Hall–Kier alpha value is -2.36. The average molecular weight is 216 g/mol. The minimum Gasteiger partial charge on any atom is -0.478 e. The van der Waals surface area contributed by atoms with E-state index in [9.17, 15) is 9.59 Å². The fraction of sp³-hybridized carbons (Fsp3) is 0. The zero-order chi connectivity index (χ0) is 11.7. The van der Waals surface area contributed by atoms with E-state index in [1.165, 1.54) is 12.1 Å². The molecule has 2 aliphatic carbocycles. The number of carbonyl (C=O) groups is 2. The summed E-state index contributed by atoms with van der Waals surface area (Å²) in [6.07, 6.45) is 0. The van der Waals surface area contributed by atoms with Crippen LogP contribution in [0.25, 0.3) is 11.1 Å². The Morgan fingerprint density at radius 3 is 2.06 bits per heavy atom. The third-order valence-electron chi connectivity index (χ3n) is 2.37. The molecule has 4 heteroatoms. The number of rotatable bonds is 2. The molecule has 2 N–H and O–H groups in total. The molecule has 0 aliphatic heterocycles. The highest BCUT2D eigenvalue weighted by molar-refractivity contribution is 6.06. The van der Waals surface area contributed by atoms with Gasteiger partial charge in [0.1, 0.15) is 0 Å². The highest BCUT2D eigenvalue weighted by Gasteiger charge is 2.20. The Bertz CT molecular complexity index is 545. The van der Waals surface area contributed by atoms with Crippen molar-refractivity contribution < 1.29 is 19.8 Å². The monoisotopic (exact) mass is 216 g/mol. The van der Waals surface area contributed by atoms with Gasteiger partial charge >= 0.3 is 11.9 Å². The van der Waals surface area contributed by atoms with E-state index in [1.807, 2.05) is 0 Å². The number of carboxylic acids is 2. The molecule has 0 aromatic carbocycles. The van der Waals surface area contributed by atoms with Crippen LogP contribution in [-0.2, 0) is 0 Å². The third-order valence-corrected chi connectivity index (χ3v) is 2.37. The molecule has 4 nitrogen and oxygen atoms in total. The van der Waals surface area contributed by atoms with Crippen molar-refractivity contribution >= 4 is 11.9 Å². The maximum Gasteiger partial charge on any atom is 0.337 e. The summed E-state index contributed by atoms with van der Waals surface area (Å²) < 4.78 is 0. The molecule has 16 heavy (non-hydrogen) atoms. The lowest BCUT2D eigenvalue weighted by Gasteiger charge is -2.01. The highest BCUT2D eigenvalue weighted by atomic mass is 16.4. The number of fused-ring (bicyclic) bond motifs is 1. The fourth-order valence-corrected chi connectivity index (χ4v) is 1.69. The van der Waals surface area contributed by atoms with Crippen molar-refractivity contribution in [3.8, 4) is 11.1 Å². The van der Waals surface area contributed by atoms with E-state index < -0.39 is 11.9 Å². The molecule has 0 saturated heterocycles. The molecular weight excluding hydrogens is 208 g/mol. The summed E-state index contributed by atoms with van der Waals surface area (Å²) >= 11 is 0. The van der Waals surface area contributed by atoms with Crippen LogP contribution in [-0.4, -0.2) is 22.2 Å². The zero-order valence-corrected chi connectivity index (χ0v) is 8.18. The highest BCUT2D eigenvalue weighted by Crippen LogP contribution is 2.28. The third kappa shape index (κ3) is 1.50. The van der Waals surface area contributed by atoms with Crippen LogP contribution in [0.15, 0.2) is 36.4 Å². The van der Waals surface area contributed by atoms with E-state index in [1.54, 1.807) is 24.3 Å². The second-order valence-corrected chi connectivity index (χ2v) is 3.32. The molecule has 0 aromatic heterocycles. The molecule has 0 aromatic rings. The Morgan fingerprint density at radius 1 is 0.875 bits per heavy atom. The molecule has 80 valence electrons. The van der Waals surface area contributed by atoms with Crippen LogP contribution in [0.4, 0.5) is 0 Å². The van der Waals surface area contributed by atoms with E-state index in [2.05, 4.69) is 0 Å². The lowest BCUT2D eigenvalue weighted by Crippen LogP contribution is -2.07. The summed E-state index contributed by atoms with van der Waals surface area (Å²) in [5, 5.41) is 18.0. The lowest BCUT2D eigenvalue weighted by atomic mass is 10.0. The average Bonchev–Trinajstić information content (AvgIpc) is 2.56. The first kappa shape index (κ1) is 10.2. The SMILES string of the molecule is O=C(O)c1cccc2cccc-2c1C(=O)O. The summed E-state index contributed by atoms with van der Waals surface area (Å²) in [6.45, 7) is 0. The van der Waals surface area contributed by atoms with Crippen molar-refractivity contribution in [2.24, 2.45) is 0 Å². The standard InChI is InChI=1S/C12H8O4/c13-11(14)9-6-2-4-7-3-1-5-8(7)10(9)12(15)16/h1-6H,(H,13,14)(H,15,16). The maximum atomic E-state index is 11.1. The topological polar surface area (TPSA) is 74.6 Å². The second-order valence-electron chi connectivity index (χ2n) is 3.32. The molecule has 0 saturated carbocycles. The number of hydrogen-bond acceptors (Lipinski definition) is 2. The van der Waals surface area contributed by atoms with E-state index in [0.29, 0.717) is 11.1 Å². The van der Waals surface area contributed by atoms with Crippen molar-refractivity contribution in [1.82, 2.24) is 0 Å². The van der Waals surface area contributed by atoms with Gasteiger partial charge in [0.2, 0.25) is 0 Å². The van der Waals surface area contributed by atoms with Gasteiger partial charge in [-0.1, -0.05) is 30.3 Å². The van der Waals surface area contributed by atoms with E-state index in [0.717, 1.165) is 0 Å². The van der Waals surface area contributed by atoms with E-state index in [-0.39, 0.29) is 11.1 Å². The van der Waals surface area contributed by atoms with Crippen LogP contribution in [0.3, 0.4) is 0 Å². The molecular formula is C12H8O4. The van der Waals surface area contributed by atoms with Crippen molar-refractivity contribution in [3.05, 3.63) is 47.5 Å². The summed E-state index contributed by atoms with van der Waals surface area (Å²) in [5.74, 6) is -2.47. The lowest BCUT2D eigenvalue weighted by molar-refractivity contribution is 0.0652. The minimum atomic E-state index is -1.24. The number of hydrogen-bond donors (Lipinski definition) is 2. The Balaban J connectivity index is 2.85. The van der Waals surface area contributed by atoms with Gasteiger partial charge in [-0.15, -0.1) is 0 Å². The van der Waals surface area contributed by atoms with Crippen LogP contribution < -0.4 is 0 Å². The molecule has 0 fully saturated rings. The number of carboxylic acid groups (broad SMARTS) is 2. The smallest absolute Gasteiger partial charge is 0.337 e. The quantitative estimate of drug-likeness (QED) is 0.806. The molecule has 0 amide bonds. The van der Waals surface area contributed by atoms with Gasteiger partial charge < -0.3 is 10.2 Å². The first-order valence-corrected chi connectivity index (χ1v) is 4.59. The first-order valence-electron chi connectivity index (χ1n) is 4.59. The van der Waals surface area contributed by atoms with Gasteiger partial charge in [0.25, 0.3) is 0 Å². The fourth-order valence-electron chi connectivity index (χ4n) is 1.69. The minimum absolute atomic E-state index is 0.169. The van der Waals surface area contributed by atoms with Crippen molar-refractivity contribution in [2.75, 3.05) is 0 Å². The van der Waals surface area contributed by atoms with Gasteiger partial charge in [-0.3, -0.25) is 0 Å². The Kier molecular flexibility index (Phi) is 2.32. The van der Waals surface area contributed by atoms with Crippen LogP contribution in [0.5, 0.6) is 0 Å². The summed E-state index contributed by atoms with van der Waals surface area (Å²) in [4.78, 5) is 22.1. The largest absolute Gasteiger partial charge is 0.478 e. The molecule has 0 unspecified atom stereocenters. The molecule has 0 spiro atoms. The van der Waals surface area contributed by atoms with Crippen molar-refractivity contribution in [2.45, 2.75) is 0 Å². The van der Waals surface area contributed by atoms with E-state index in [4.69, 9.17) is 10.2 Å². The van der Waals surface area contributed by atoms with E-state index >= 15 is 0 Å². The van der Waals surface area contributed by atoms with Gasteiger partial charge in [-0.05, 0) is 17.2 Å². The van der Waals surface area contributed by atoms with Gasteiger partial charge in [-0.25, -0.2) is 9.59 Å². The first-order chi connectivity index (χ1) is 7.61. The summed E-state index contributed by atoms with van der Waals surface area (Å²) in [7, 11) is 0. The molecule has 2 rings (SSSR count). The van der Waals surface area contributed by atoms with Gasteiger partial charge in [0.15, 0.2) is 0 Å². The predicted molar refractivity (Wildman–Crippen MR) is 57.0 cm³/mol. The van der Waals surface area contributed by atoms with Crippen LogP contribution >= 0.6 is 0 Å². The van der Waals surface area contributed by atoms with Gasteiger partial charge in [0.05, 0.1) is 11.1 Å². The van der Waals surface area contributed by atoms with Gasteiger partial charge in [-0.2, -0.15) is 0 Å². The number of aromatic carboxylic acids is 2. The molecule has 0 atom stereocenters. The molecule has 0 bridgehead atoms. The molecule has 0 heterocycles. The predicted octanol–water partition coefficient (Wildman–Crippen LogP) is 2.19. The van der Waals surface area contributed by atoms with Crippen molar-refractivity contribution in [1.29, 1.82) is 0 Å².